The molecule has 25 heavy (non-hydrogen) atoms. The largest absolute Gasteiger partial charge is 0.316 e. The summed E-state index contributed by atoms with van der Waals surface area (Å²) in [5.74, 6) is 4.49. The van der Waals surface area contributed by atoms with Crippen molar-refractivity contribution in [1.82, 2.24) is 5.32 Å². The Morgan fingerprint density at radius 3 is 2.40 bits per heavy atom. The summed E-state index contributed by atoms with van der Waals surface area (Å²) in [5.41, 5.74) is 0. The van der Waals surface area contributed by atoms with Crippen LogP contribution in [-0.4, -0.2) is 32.5 Å². The van der Waals surface area contributed by atoms with Gasteiger partial charge in [0.15, 0.2) is 9.84 Å². The van der Waals surface area contributed by atoms with Crippen LogP contribution in [0.15, 0.2) is 0 Å². The smallest absolute Gasteiger partial charge is 0.154 e. The minimum atomic E-state index is -2.91. The highest BCUT2D eigenvalue weighted by Crippen LogP contribution is 2.60. The van der Waals surface area contributed by atoms with E-state index >= 15 is 0 Å². The summed E-state index contributed by atoms with van der Waals surface area (Å²) in [4.78, 5) is 0. The molecule has 1 N–H and O–H groups in total. The minimum absolute atomic E-state index is 0.00741. The Hall–Kier alpha value is -0.0900. The maximum atomic E-state index is 12.9. The highest BCUT2D eigenvalue weighted by atomic mass is 32.2. The van der Waals surface area contributed by atoms with Crippen LogP contribution in [-0.2, 0) is 9.84 Å². The summed E-state index contributed by atoms with van der Waals surface area (Å²) in [6, 6.07) is 0. The first-order valence-electron chi connectivity index (χ1n) is 10.8. The van der Waals surface area contributed by atoms with Crippen molar-refractivity contribution >= 4 is 9.84 Å². The van der Waals surface area contributed by atoms with Crippen molar-refractivity contribution in [3.63, 3.8) is 0 Å². The molecule has 0 amide bonds. The molecule has 0 aromatic rings. The third kappa shape index (κ3) is 4.80. The second kappa shape index (κ2) is 8.29. The van der Waals surface area contributed by atoms with E-state index in [4.69, 9.17) is 0 Å². The minimum Gasteiger partial charge on any atom is -0.316 e. The Morgan fingerprint density at radius 2 is 1.68 bits per heavy atom. The second-order valence-electron chi connectivity index (χ2n) is 9.79. The molecule has 4 fully saturated rings. The summed E-state index contributed by atoms with van der Waals surface area (Å²) >= 11 is 0. The van der Waals surface area contributed by atoms with Gasteiger partial charge in [-0.25, -0.2) is 8.42 Å². The van der Waals surface area contributed by atoms with Crippen molar-refractivity contribution in [2.24, 2.45) is 35.5 Å². The maximum absolute atomic E-state index is 12.9. The Bertz CT molecular complexity index is 526. The molecule has 0 heterocycles. The van der Waals surface area contributed by atoms with E-state index in [-0.39, 0.29) is 5.25 Å². The molecule has 146 valence electrons. The molecule has 4 rings (SSSR count). The van der Waals surface area contributed by atoms with E-state index in [9.17, 15) is 8.42 Å². The summed E-state index contributed by atoms with van der Waals surface area (Å²) in [6.45, 7) is 8.50. The number of hydrogen-bond acceptors (Lipinski definition) is 3. The van der Waals surface area contributed by atoms with Crippen molar-refractivity contribution in [2.45, 2.75) is 77.4 Å². The highest BCUT2D eigenvalue weighted by molar-refractivity contribution is 7.92. The fourth-order valence-corrected chi connectivity index (χ4v) is 8.45. The molecule has 0 aliphatic heterocycles. The number of rotatable bonds is 11. The molecule has 0 saturated heterocycles. The monoisotopic (exact) mass is 369 g/mol. The van der Waals surface area contributed by atoms with Gasteiger partial charge in [0.1, 0.15) is 0 Å². The van der Waals surface area contributed by atoms with Gasteiger partial charge in [-0.2, -0.15) is 0 Å². The molecule has 4 heteroatoms. The van der Waals surface area contributed by atoms with E-state index in [0.29, 0.717) is 24.1 Å². The van der Waals surface area contributed by atoms with Crippen LogP contribution in [0.1, 0.15) is 72.1 Å². The van der Waals surface area contributed by atoms with Crippen molar-refractivity contribution in [3.8, 4) is 0 Å². The normalized spacial score (nSPS) is 35.0. The van der Waals surface area contributed by atoms with Crippen LogP contribution in [0.3, 0.4) is 0 Å². The lowest BCUT2D eigenvalue weighted by molar-refractivity contribution is 0.280. The van der Waals surface area contributed by atoms with Gasteiger partial charge in [-0.1, -0.05) is 40.0 Å². The van der Waals surface area contributed by atoms with Gasteiger partial charge in [0.25, 0.3) is 0 Å². The van der Waals surface area contributed by atoms with E-state index in [1.807, 2.05) is 0 Å². The fraction of sp³-hybridized carbons (Fsp3) is 1.00. The molecule has 0 radical (unpaired) electrons. The van der Waals surface area contributed by atoms with Gasteiger partial charge < -0.3 is 5.32 Å². The van der Waals surface area contributed by atoms with E-state index in [1.165, 1.54) is 44.9 Å². The first-order chi connectivity index (χ1) is 11.9. The fourth-order valence-electron chi connectivity index (χ4n) is 6.08. The maximum Gasteiger partial charge on any atom is 0.154 e. The molecule has 4 bridgehead atoms. The Kier molecular flexibility index (Phi) is 6.52. The van der Waals surface area contributed by atoms with Crippen molar-refractivity contribution in [3.05, 3.63) is 0 Å². The standard InChI is InChI=1S/C21H39NO2S/c1-15(2)5-4-6-16(3)7-8-22-9-10-25(23,24)21-19-12-17-11-18(14-19)20(21)13-17/h15-22H,4-14H2,1-3H3. The number of hydrogen-bond donors (Lipinski definition) is 1. The van der Waals surface area contributed by atoms with Gasteiger partial charge >= 0.3 is 0 Å². The number of nitrogens with one attached hydrogen (secondary N) is 1. The molecule has 0 aromatic heterocycles. The summed E-state index contributed by atoms with van der Waals surface area (Å²) in [5, 5.41) is 3.41. The summed E-state index contributed by atoms with van der Waals surface area (Å²) in [7, 11) is -2.91. The van der Waals surface area contributed by atoms with Gasteiger partial charge in [-0.05, 0) is 74.2 Å². The Balaban J connectivity index is 1.32. The third-order valence-corrected chi connectivity index (χ3v) is 9.58. The van der Waals surface area contributed by atoms with E-state index in [1.54, 1.807) is 0 Å². The van der Waals surface area contributed by atoms with Crippen molar-refractivity contribution in [2.75, 3.05) is 18.8 Å². The molecule has 0 aromatic carbocycles. The summed E-state index contributed by atoms with van der Waals surface area (Å²) in [6.07, 6.45) is 10.0. The van der Waals surface area contributed by atoms with Gasteiger partial charge in [0.05, 0.1) is 11.0 Å². The van der Waals surface area contributed by atoms with E-state index < -0.39 is 9.84 Å². The molecule has 4 aliphatic carbocycles. The highest BCUT2D eigenvalue weighted by Gasteiger charge is 2.57. The zero-order valence-corrected chi connectivity index (χ0v) is 17.4. The first kappa shape index (κ1) is 19.7. The molecule has 4 aliphatic rings. The van der Waals surface area contributed by atoms with Gasteiger partial charge in [0, 0.05) is 6.54 Å². The predicted molar refractivity (Wildman–Crippen MR) is 105 cm³/mol. The van der Waals surface area contributed by atoms with Crippen LogP contribution in [0.4, 0.5) is 0 Å². The number of sulfone groups is 1. The van der Waals surface area contributed by atoms with Crippen LogP contribution < -0.4 is 5.32 Å². The SMILES string of the molecule is CC(C)CCCC(C)CCNCCS(=O)(=O)C1C2CC3CC(C2)C1C3. The Morgan fingerprint density at radius 1 is 0.920 bits per heavy atom. The zero-order chi connectivity index (χ0) is 18.0. The van der Waals surface area contributed by atoms with Crippen LogP contribution >= 0.6 is 0 Å². The average Bonchev–Trinajstić information content (AvgIpc) is 2.94. The molecular formula is C21H39NO2S. The van der Waals surface area contributed by atoms with Gasteiger partial charge in [-0.3, -0.25) is 0 Å². The van der Waals surface area contributed by atoms with Crippen LogP contribution in [0.25, 0.3) is 0 Å². The zero-order valence-electron chi connectivity index (χ0n) is 16.5. The molecule has 0 spiro atoms. The van der Waals surface area contributed by atoms with Crippen LogP contribution in [0, 0.1) is 35.5 Å². The van der Waals surface area contributed by atoms with Gasteiger partial charge in [0.2, 0.25) is 0 Å². The van der Waals surface area contributed by atoms with Crippen LogP contribution in [0.2, 0.25) is 0 Å². The predicted octanol–water partition coefficient (Wildman–Crippen LogP) is 4.28. The average molecular weight is 370 g/mol. The van der Waals surface area contributed by atoms with E-state index in [0.717, 1.165) is 36.6 Å². The molecule has 6 unspecified atom stereocenters. The lowest BCUT2D eigenvalue weighted by atomic mass is 9.82. The lowest BCUT2D eigenvalue weighted by Gasteiger charge is -2.31. The molecule has 4 saturated carbocycles. The molecule has 6 atom stereocenters. The topological polar surface area (TPSA) is 46.2 Å². The molecule has 3 nitrogen and oxygen atoms in total. The quantitative estimate of drug-likeness (QED) is 0.553. The first-order valence-corrected chi connectivity index (χ1v) is 12.5. The van der Waals surface area contributed by atoms with Crippen molar-refractivity contribution in [1.29, 1.82) is 0 Å². The molecular weight excluding hydrogens is 330 g/mol. The van der Waals surface area contributed by atoms with E-state index in [2.05, 4.69) is 26.1 Å². The second-order valence-corrected chi connectivity index (χ2v) is 12.1. The van der Waals surface area contributed by atoms with Crippen molar-refractivity contribution < 1.29 is 8.42 Å². The summed E-state index contributed by atoms with van der Waals surface area (Å²) < 4.78 is 25.7. The Labute approximate surface area is 155 Å². The third-order valence-electron chi connectivity index (χ3n) is 7.25. The van der Waals surface area contributed by atoms with Gasteiger partial charge in [-0.15, -0.1) is 0 Å². The lowest BCUT2D eigenvalue weighted by Crippen LogP contribution is -2.39. The van der Waals surface area contributed by atoms with Crippen LogP contribution in [0.5, 0.6) is 0 Å².